The molecule has 2 aliphatic rings. The highest BCUT2D eigenvalue weighted by Gasteiger charge is 2.39. The minimum absolute atomic E-state index is 0.0392. The number of fused-ring (bicyclic) bond motifs is 6. The normalized spacial score (nSPS) is 25.2. The van der Waals surface area contributed by atoms with Gasteiger partial charge in [0.25, 0.3) is 6.33 Å². The first kappa shape index (κ1) is 31.9. The maximum Gasteiger partial charge on any atom is 0.269 e. The van der Waals surface area contributed by atoms with E-state index < -0.39 is 194 Å². The van der Waals surface area contributed by atoms with Crippen molar-refractivity contribution in [2.75, 3.05) is 0 Å². The van der Waals surface area contributed by atoms with E-state index in [1.165, 1.54) is 10.6 Å². The summed E-state index contributed by atoms with van der Waals surface area (Å²) in [7, 11) is 0. The van der Waals surface area contributed by atoms with E-state index in [9.17, 15) is 35.6 Å². The van der Waals surface area contributed by atoms with Gasteiger partial charge in [-0.15, -0.1) is 0 Å². The molecule has 5 heteroatoms. The molecule has 5 nitrogen and oxygen atoms in total. The molecule has 0 N–H and O–H groups in total. The van der Waals surface area contributed by atoms with E-state index in [-0.39, 0.29) is 39.0 Å². The van der Waals surface area contributed by atoms with Gasteiger partial charge in [-0.1, -0.05) is 244 Å². The highest BCUT2D eigenvalue weighted by Crippen LogP contribution is 2.50. The highest BCUT2D eigenvalue weighted by molar-refractivity contribution is 6.11. The molecule has 9 aromatic carbocycles. The molecule has 2 aliphatic carbocycles. The Bertz CT molecular complexity index is 6410. The second-order valence-corrected chi connectivity index (χ2v) is 27.3. The van der Waals surface area contributed by atoms with Crippen LogP contribution in [0, 0.1) is 6.33 Å². The zero-order valence-corrected chi connectivity index (χ0v) is 52.8. The number of hydrogen-bond acceptors (Lipinski definition) is 2. The molecule has 0 saturated carbocycles. The summed E-state index contributed by atoms with van der Waals surface area (Å²) >= 11 is 0. The topological polar surface area (TPSA) is 35.9 Å². The molecule has 0 spiro atoms. The SMILES string of the molecule is [2H]c1c([2H])c2c(c([2H])c1-c1cccc(-c3c([2H])c([2H])c4c(c3[2H])C(C([2H])([2H])[2H])(C([2H])([2H])[2H])C([2H])([2H])C([2H])([2H])C4(C([2H])([2H])[2H])C([2H])([2H])[2H])c1-[n+]1[c-]n(-c3cc(Oc4ccc5c6cc(-c7ccccc7)ccc6n(-c6cc(C(C)(C)C)ccn6)c5c4)cc(C(C)(C)C)c3)c3cc(-c4ccc(C(C)(C)C)cc4)ccc31)C(C([2H])([2H])[2H])(C([2H])([2H])[2H])C([2H])([2H])C([2H])([2H])C2(C([2H])([2H])[2H])C([2H])([2H])[2H]. The van der Waals surface area contributed by atoms with Crippen LogP contribution < -0.4 is 9.30 Å². The minimum Gasteiger partial charge on any atom is -0.458 e. The van der Waals surface area contributed by atoms with Gasteiger partial charge in [0.05, 0.1) is 41.7 Å². The molecular weight excluding hydrogens is 1130 g/mol. The molecule has 3 heterocycles. The van der Waals surface area contributed by atoms with Crippen molar-refractivity contribution in [3.8, 4) is 73.2 Å². The number of nitrogens with zero attached hydrogens (tertiary/aromatic N) is 4. The number of para-hydroxylation sites is 1. The van der Waals surface area contributed by atoms with Gasteiger partial charge in [-0.05, 0) is 208 Å². The van der Waals surface area contributed by atoms with E-state index >= 15 is 0 Å². The van der Waals surface area contributed by atoms with Crippen LogP contribution in [0.2, 0.25) is 0 Å². The fraction of sp³-hybridized carbons (Fsp3) is 0.318. The van der Waals surface area contributed by atoms with E-state index in [2.05, 4.69) is 33.2 Å². The quantitative estimate of drug-likeness (QED) is 0.107. The van der Waals surface area contributed by atoms with Crippen LogP contribution in [0.25, 0.3) is 94.5 Å². The lowest BCUT2D eigenvalue weighted by atomic mass is 9.62. The third-order valence-corrected chi connectivity index (χ3v) is 17.5. The summed E-state index contributed by atoms with van der Waals surface area (Å²) in [6, 6.07) is 34.8. The van der Waals surface area contributed by atoms with Crippen LogP contribution in [0.5, 0.6) is 11.5 Å². The fourth-order valence-corrected chi connectivity index (χ4v) is 12.3. The second kappa shape index (κ2) is 21.9. The van der Waals surface area contributed by atoms with E-state index in [1.807, 2.05) is 137 Å². The van der Waals surface area contributed by atoms with Gasteiger partial charge in [-0.25, -0.2) is 4.98 Å². The predicted molar refractivity (Wildman–Crippen MR) is 391 cm³/mol. The second-order valence-electron chi connectivity index (χ2n) is 27.3. The van der Waals surface area contributed by atoms with Crippen LogP contribution >= 0.6 is 0 Å². The Morgan fingerprint density at radius 2 is 1.03 bits per heavy atom. The monoisotopic (exact) mass is 1260 g/mol. The molecule has 0 saturated heterocycles. The zero-order chi connectivity index (χ0) is 97.9. The van der Waals surface area contributed by atoms with Crippen molar-refractivity contribution in [1.82, 2.24) is 14.1 Å². The Morgan fingerprint density at radius 1 is 0.462 bits per heavy atom. The summed E-state index contributed by atoms with van der Waals surface area (Å²) in [5.74, 6) is 0.993. The molecule has 0 bridgehead atoms. The van der Waals surface area contributed by atoms with E-state index in [1.54, 1.807) is 42.6 Å². The molecule has 0 atom stereocenters. The summed E-state index contributed by atoms with van der Waals surface area (Å²) in [6.45, 7) is -18.8. The van der Waals surface area contributed by atoms with E-state index in [4.69, 9.17) is 26.2 Å². The molecule has 0 radical (unpaired) electrons. The van der Waals surface area contributed by atoms with E-state index in [0.29, 0.717) is 28.0 Å². The van der Waals surface area contributed by atoms with Crippen molar-refractivity contribution in [3.05, 3.63) is 245 Å². The minimum atomic E-state index is -4.88. The lowest BCUT2D eigenvalue weighted by molar-refractivity contribution is -0.571. The van der Waals surface area contributed by atoms with E-state index in [0.717, 1.165) is 61.3 Å². The van der Waals surface area contributed by atoms with Crippen LogP contribution in [-0.4, -0.2) is 14.1 Å². The van der Waals surface area contributed by atoms with Gasteiger partial charge in [0.15, 0.2) is 0 Å². The largest absolute Gasteiger partial charge is 0.458 e. The van der Waals surface area contributed by atoms with Crippen molar-refractivity contribution >= 4 is 32.8 Å². The summed E-state index contributed by atoms with van der Waals surface area (Å²) in [5, 5.41) is 1.67. The molecular formula is C88H92N4O. The summed E-state index contributed by atoms with van der Waals surface area (Å²) in [6.07, 6.45) is -14.4. The molecule has 0 fully saturated rings. The molecule has 93 heavy (non-hydrogen) atoms. The predicted octanol–water partition coefficient (Wildman–Crippen LogP) is 23.3. The number of pyridine rings is 1. The summed E-state index contributed by atoms with van der Waals surface area (Å²) in [5.41, 5.74) is -26.6. The van der Waals surface area contributed by atoms with Gasteiger partial charge < -0.3 is 4.74 Å². The van der Waals surface area contributed by atoms with Crippen LogP contribution in [-0.2, 0) is 37.9 Å². The zero-order valence-electron chi connectivity index (χ0n) is 90.8. The number of hydrogen-bond donors (Lipinski definition) is 0. The van der Waals surface area contributed by atoms with Crippen molar-refractivity contribution in [2.24, 2.45) is 0 Å². The maximum atomic E-state index is 10.7. The average Bonchev–Trinajstić information content (AvgIpc) is 1.19. The number of ether oxygens (including phenoxy) is 1. The Morgan fingerprint density at radius 3 is 1.63 bits per heavy atom. The Hall–Kier alpha value is -8.80. The van der Waals surface area contributed by atoms with Crippen LogP contribution in [0.3, 0.4) is 0 Å². The molecule has 0 unspecified atom stereocenters. The molecule has 470 valence electrons. The Labute approximate surface area is 606 Å². The van der Waals surface area contributed by atoms with Crippen molar-refractivity contribution in [1.29, 1.82) is 0 Å². The van der Waals surface area contributed by atoms with Crippen molar-refractivity contribution < 1.29 is 61.4 Å². The highest BCUT2D eigenvalue weighted by atomic mass is 16.5. The molecule has 0 aliphatic heterocycles. The van der Waals surface area contributed by atoms with Crippen LogP contribution in [0.4, 0.5) is 0 Å². The fourth-order valence-electron chi connectivity index (χ4n) is 12.3. The van der Waals surface area contributed by atoms with Gasteiger partial charge in [0.1, 0.15) is 17.3 Å². The number of aromatic nitrogens is 4. The van der Waals surface area contributed by atoms with Gasteiger partial charge in [-0.2, -0.15) is 0 Å². The molecule has 3 aromatic heterocycles. The lowest BCUT2D eigenvalue weighted by Gasteiger charge is -2.42. The third kappa shape index (κ3) is 11.1. The van der Waals surface area contributed by atoms with Crippen LogP contribution in [0.1, 0.15) is 234 Å². The van der Waals surface area contributed by atoms with Crippen LogP contribution in [0.15, 0.2) is 200 Å². The average molecular weight is 1260 g/mol. The van der Waals surface area contributed by atoms with Crippen molar-refractivity contribution in [2.45, 2.75) is 181 Å². The Balaban J connectivity index is 1.18. The number of benzene rings is 9. The number of imidazole rings is 1. The van der Waals surface area contributed by atoms with Crippen molar-refractivity contribution in [3.63, 3.8) is 0 Å². The van der Waals surface area contributed by atoms with Gasteiger partial charge in [0.2, 0.25) is 0 Å². The smallest absolute Gasteiger partial charge is 0.269 e. The van der Waals surface area contributed by atoms with Gasteiger partial charge in [0, 0.05) is 66.9 Å². The first-order valence-electron chi connectivity index (χ1n) is 49.5. The number of rotatable bonds is 9. The third-order valence-electron chi connectivity index (χ3n) is 17.5. The molecule has 12 aromatic rings. The summed E-state index contributed by atoms with van der Waals surface area (Å²) < 4.78 is 371. The Kier molecular flexibility index (Phi) is 7.51. The lowest BCUT2D eigenvalue weighted by Crippen LogP contribution is -2.34. The molecule has 0 amide bonds. The first-order valence-corrected chi connectivity index (χ1v) is 30.5. The first-order chi connectivity index (χ1) is 59.5. The maximum absolute atomic E-state index is 10.7. The van der Waals surface area contributed by atoms with Gasteiger partial charge in [-0.3, -0.25) is 13.7 Å². The van der Waals surface area contributed by atoms with Gasteiger partial charge >= 0.3 is 0 Å². The standard InChI is InChI=1S/C88H92N4O/c1-82(2,3)62-32-26-57(27-33-62)59-31-39-77-79(49-59)90(55-91(77)81-68(60-28-36-72-74(47-60)87(14,15)43-41-85(72,10)11)24-21-25-69(81)61-29-37-73-75(48-61)88(16,17)44-42-86(73,12)13)65-50-64(84(7,8)9)51-67(53-65)93-66-34-35-70-71-46-58(56-22-19-18-20-23-56)30-38-76(71)92(78(70)54-66)80-52-63(40-45-89-80)83(4,5)6/h18-40,45-54H,41-44H2,1-17H3/i10D3,11D3,12D3,13D3,14D3,15D3,16D3,17D3,28D,29D,36D,37D,41D2,42D2,43D2,44D2,47D,48D. The molecule has 14 rings (SSSR count). The summed E-state index contributed by atoms with van der Waals surface area (Å²) in [4.78, 5) is 4.92.